The number of nitrogens with zero attached hydrogens (tertiary/aromatic N) is 2. The van der Waals surface area contributed by atoms with Gasteiger partial charge >= 0.3 is 6.18 Å². The van der Waals surface area contributed by atoms with Crippen molar-refractivity contribution in [3.63, 3.8) is 0 Å². The van der Waals surface area contributed by atoms with Crippen molar-refractivity contribution in [2.75, 3.05) is 49.6 Å². The fourth-order valence-corrected chi connectivity index (χ4v) is 5.94. The van der Waals surface area contributed by atoms with E-state index in [4.69, 9.17) is 16.3 Å². The van der Waals surface area contributed by atoms with Gasteiger partial charge in [0.15, 0.2) is 0 Å². The highest BCUT2D eigenvalue weighted by Crippen LogP contribution is 2.39. The van der Waals surface area contributed by atoms with E-state index in [1.165, 1.54) is 12.1 Å². The maximum Gasteiger partial charge on any atom is 0.418 e. The second kappa shape index (κ2) is 13.5. The van der Waals surface area contributed by atoms with Gasteiger partial charge in [-0.25, -0.2) is 0 Å². The first kappa shape index (κ1) is 31.3. The Hall–Kier alpha value is -2.67. The van der Waals surface area contributed by atoms with Crippen molar-refractivity contribution >= 4 is 52.0 Å². The van der Waals surface area contributed by atoms with Crippen molar-refractivity contribution in [1.82, 2.24) is 10.2 Å². The van der Waals surface area contributed by atoms with Crippen molar-refractivity contribution in [3.05, 3.63) is 45.1 Å². The Labute approximate surface area is 246 Å². The summed E-state index contributed by atoms with van der Waals surface area (Å²) in [4.78, 5) is 42.2. The normalized spacial score (nSPS) is 17.1. The molecule has 1 atom stereocenters. The number of morpholine rings is 1. The Morgan fingerprint density at radius 3 is 2.56 bits per heavy atom. The van der Waals surface area contributed by atoms with Crippen LogP contribution in [-0.4, -0.2) is 68.1 Å². The van der Waals surface area contributed by atoms with E-state index in [9.17, 15) is 27.6 Å². The van der Waals surface area contributed by atoms with Gasteiger partial charge in [-0.15, -0.1) is 11.3 Å². The van der Waals surface area contributed by atoms with E-state index in [1.807, 2.05) is 18.7 Å². The molecule has 0 spiro atoms. The number of halogens is 4. The average Bonchev–Trinajstić information content (AvgIpc) is 3.32. The van der Waals surface area contributed by atoms with E-state index in [2.05, 4.69) is 10.6 Å². The van der Waals surface area contributed by atoms with Gasteiger partial charge in [0.1, 0.15) is 12.6 Å². The molecule has 41 heavy (non-hydrogen) atoms. The lowest BCUT2D eigenvalue weighted by Gasteiger charge is -2.37. The van der Waals surface area contributed by atoms with Gasteiger partial charge in [0.05, 0.1) is 27.1 Å². The number of rotatable bonds is 11. The molecular weight excluding hydrogens is 581 g/mol. The van der Waals surface area contributed by atoms with Crippen LogP contribution in [-0.2, 0) is 20.5 Å². The second-order valence-corrected chi connectivity index (χ2v) is 12.5. The van der Waals surface area contributed by atoms with Crippen LogP contribution in [0.1, 0.15) is 48.3 Å². The Balaban J connectivity index is 1.58. The van der Waals surface area contributed by atoms with Crippen molar-refractivity contribution in [3.8, 4) is 0 Å². The number of hydrogen-bond acceptors (Lipinski definition) is 6. The number of benzene rings is 1. The average molecular weight is 615 g/mol. The van der Waals surface area contributed by atoms with Crippen LogP contribution in [0.3, 0.4) is 0 Å². The van der Waals surface area contributed by atoms with Crippen LogP contribution in [0.15, 0.2) is 30.3 Å². The van der Waals surface area contributed by atoms with Crippen LogP contribution in [0.5, 0.6) is 0 Å². The molecule has 4 rings (SSSR count). The standard InChI is InChI=1S/C28H34ClF3N4O4S/c1-17(2)14-35(15-18-4-3-5-18)22(13-33-27(39)23-8-9-24(29)41-23)26(38)34-19-6-7-21(20(12-19)28(30,31)32)36-10-11-40-16-25(36)37/h6-9,12,17-18,22H,3-5,10-11,13-16H2,1-2H3,(H,33,39)(H,34,38)/t22-/m1/s1. The molecule has 1 saturated carbocycles. The molecule has 2 aliphatic rings. The van der Waals surface area contributed by atoms with Crippen LogP contribution in [0.4, 0.5) is 24.5 Å². The van der Waals surface area contributed by atoms with Crippen LogP contribution < -0.4 is 15.5 Å². The lowest BCUT2D eigenvalue weighted by molar-refractivity contribution is -0.137. The maximum atomic E-state index is 14.1. The number of hydrogen-bond donors (Lipinski definition) is 2. The minimum Gasteiger partial charge on any atom is -0.370 e. The van der Waals surface area contributed by atoms with Crippen molar-refractivity contribution in [2.45, 2.75) is 45.3 Å². The van der Waals surface area contributed by atoms with Gasteiger partial charge in [-0.2, -0.15) is 13.2 Å². The Morgan fingerprint density at radius 1 is 1.22 bits per heavy atom. The molecule has 2 N–H and O–H groups in total. The van der Waals surface area contributed by atoms with Gasteiger partial charge in [0.2, 0.25) is 5.91 Å². The summed E-state index contributed by atoms with van der Waals surface area (Å²) < 4.78 is 47.8. The lowest BCUT2D eigenvalue weighted by atomic mass is 9.84. The minimum absolute atomic E-state index is 0.00380. The molecular formula is C28H34ClF3N4O4S. The number of anilines is 2. The fraction of sp³-hybridized carbons (Fsp3) is 0.536. The number of amides is 3. The summed E-state index contributed by atoms with van der Waals surface area (Å²) in [6.45, 7) is 5.05. The molecule has 2 fully saturated rings. The highest BCUT2D eigenvalue weighted by atomic mass is 35.5. The number of thiophene rings is 1. The molecule has 224 valence electrons. The van der Waals surface area contributed by atoms with Crippen molar-refractivity contribution < 1.29 is 32.3 Å². The van der Waals surface area contributed by atoms with Gasteiger partial charge in [0, 0.05) is 31.9 Å². The highest BCUT2D eigenvalue weighted by Gasteiger charge is 2.38. The van der Waals surface area contributed by atoms with Gasteiger partial charge < -0.3 is 20.3 Å². The van der Waals surface area contributed by atoms with Crippen LogP contribution in [0.25, 0.3) is 0 Å². The van der Waals surface area contributed by atoms with Crippen LogP contribution in [0.2, 0.25) is 4.34 Å². The lowest BCUT2D eigenvalue weighted by Crippen LogP contribution is -2.53. The molecule has 2 aromatic rings. The number of nitrogens with one attached hydrogen (secondary N) is 2. The number of carbonyl (C=O) groups excluding carboxylic acids is 3. The summed E-state index contributed by atoms with van der Waals surface area (Å²) >= 11 is 7.08. The number of alkyl halides is 3. The van der Waals surface area contributed by atoms with Gasteiger partial charge in [0.25, 0.3) is 11.8 Å². The van der Waals surface area contributed by atoms with E-state index >= 15 is 0 Å². The third kappa shape index (κ3) is 8.21. The number of ether oxygens (including phenoxy) is 1. The zero-order valence-corrected chi connectivity index (χ0v) is 24.5. The van der Waals surface area contributed by atoms with E-state index in [-0.39, 0.29) is 49.5 Å². The maximum absolute atomic E-state index is 14.1. The molecule has 2 heterocycles. The molecule has 0 unspecified atom stereocenters. The Kier molecular flexibility index (Phi) is 10.3. The summed E-state index contributed by atoms with van der Waals surface area (Å²) in [6, 6.07) is 5.77. The quantitative estimate of drug-likeness (QED) is 0.360. The molecule has 1 aromatic carbocycles. The molecule has 3 amide bonds. The third-order valence-corrected chi connectivity index (χ3v) is 8.39. The van der Waals surface area contributed by atoms with E-state index in [0.717, 1.165) is 41.6 Å². The number of carbonyl (C=O) groups is 3. The third-order valence-electron chi connectivity index (χ3n) is 7.16. The van der Waals surface area contributed by atoms with Crippen molar-refractivity contribution in [1.29, 1.82) is 0 Å². The molecule has 8 nitrogen and oxygen atoms in total. The first-order valence-electron chi connectivity index (χ1n) is 13.6. The monoisotopic (exact) mass is 614 g/mol. The second-order valence-electron chi connectivity index (χ2n) is 10.8. The summed E-state index contributed by atoms with van der Waals surface area (Å²) in [5, 5.41) is 5.46. The summed E-state index contributed by atoms with van der Waals surface area (Å²) in [5.41, 5.74) is -1.37. The predicted octanol–water partition coefficient (Wildman–Crippen LogP) is 5.28. The summed E-state index contributed by atoms with van der Waals surface area (Å²) in [5.74, 6) is -0.858. The van der Waals surface area contributed by atoms with Crippen LogP contribution >= 0.6 is 22.9 Å². The van der Waals surface area contributed by atoms with Gasteiger partial charge in [-0.05, 0) is 55.0 Å². The molecule has 0 bridgehead atoms. The Bertz CT molecular complexity index is 1250. The zero-order chi connectivity index (χ0) is 29.7. The SMILES string of the molecule is CC(C)CN(CC1CCC1)[C@H](CNC(=O)c1ccc(Cl)s1)C(=O)Nc1ccc(N2CCOCC2=O)c(C(F)(F)F)c1. The molecule has 1 aliphatic carbocycles. The predicted molar refractivity (Wildman–Crippen MR) is 152 cm³/mol. The highest BCUT2D eigenvalue weighted by molar-refractivity contribution is 7.18. The van der Waals surface area contributed by atoms with Crippen LogP contribution in [0, 0.1) is 11.8 Å². The molecule has 1 aromatic heterocycles. The van der Waals surface area contributed by atoms with Crippen molar-refractivity contribution in [2.24, 2.45) is 11.8 Å². The summed E-state index contributed by atoms with van der Waals surface area (Å²) in [7, 11) is 0. The van der Waals surface area contributed by atoms with E-state index < -0.39 is 29.6 Å². The molecule has 0 radical (unpaired) electrons. The van der Waals surface area contributed by atoms with Gasteiger partial charge in [-0.3, -0.25) is 19.3 Å². The zero-order valence-electron chi connectivity index (χ0n) is 22.9. The first-order chi connectivity index (χ1) is 19.4. The smallest absolute Gasteiger partial charge is 0.370 e. The van der Waals surface area contributed by atoms with Gasteiger partial charge in [-0.1, -0.05) is 31.9 Å². The Morgan fingerprint density at radius 2 is 1.98 bits per heavy atom. The molecule has 13 heteroatoms. The summed E-state index contributed by atoms with van der Waals surface area (Å²) in [6.07, 6.45) is -1.57. The minimum atomic E-state index is -4.77. The largest absolute Gasteiger partial charge is 0.418 e. The topological polar surface area (TPSA) is 91.0 Å². The molecule has 1 aliphatic heterocycles. The first-order valence-corrected chi connectivity index (χ1v) is 14.8. The fourth-order valence-electron chi connectivity index (χ4n) is 4.98. The van der Waals surface area contributed by atoms with E-state index in [0.29, 0.717) is 28.2 Å². The van der Waals surface area contributed by atoms with E-state index in [1.54, 1.807) is 12.1 Å². The molecule has 1 saturated heterocycles.